The molecule has 0 radical (unpaired) electrons. The topological polar surface area (TPSA) is 99.9 Å². The standard InChI is InChI=1S/C17H17N5O2S/c18-9-10-21-16(14-6-2-1-3-7-14)19-20-17(21)25-12-13-5-4-8-15(11-13)22(23)24/h1-8,11H,9-10,12,18H2. The van der Waals surface area contributed by atoms with E-state index < -0.39 is 4.92 Å². The molecule has 0 aliphatic heterocycles. The first kappa shape index (κ1) is 17.1. The fourth-order valence-corrected chi connectivity index (χ4v) is 3.34. The number of benzene rings is 2. The van der Waals surface area contributed by atoms with Crippen molar-refractivity contribution in [3.8, 4) is 11.4 Å². The summed E-state index contributed by atoms with van der Waals surface area (Å²) < 4.78 is 1.98. The highest BCUT2D eigenvalue weighted by Crippen LogP contribution is 2.27. The van der Waals surface area contributed by atoms with Crippen LogP contribution in [0.25, 0.3) is 11.4 Å². The number of nitrogens with two attached hydrogens (primary N) is 1. The Labute approximate surface area is 149 Å². The number of nitro benzene ring substituents is 1. The molecule has 2 N–H and O–H groups in total. The molecule has 2 aromatic carbocycles. The van der Waals surface area contributed by atoms with Crippen LogP contribution in [0.3, 0.4) is 0 Å². The monoisotopic (exact) mass is 355 g/mol. The van der Waals surface area contributed by atoms with E-state index in [1.54, 1.807) is 12.1 Å². The van der Waals surface area contributed by atoms with E-state index in [0.29, 0.717) is 18.8 Å². The largest absolute Gasteiger partial charge is 0.329 e. The molecule has 0 bridgehead atoms. The van der Waals surface area contributed by atoms with Gasteiger partial charge in [-0.1, -0.05) is 54.2 Å². The zero-order valence-electron chi connectivity index (χ0n) is 13.4. The third-order valence-electron chi connectivity index (χ3n) is 3.59. The van der Waals surface area contributed by atoms with Crippen LogP contribution in [-0.2, 0) is 12.3 Å². The van der Waals surface area contributed by atoms with Gasteiger partial charge in [0, 0.05) is 36.5 Å². The Bertz CT molecular complexity index is 866. The van der Waals surface area contributed by atoms with Crippen molar-refractivity contribution in [2.75, 3.05) is 6.54 Å². The van der Waals surface area contributed by atoms with Gasteiger partial charge in [-0.2, -0.15) is 0 Å². The van der Waals surface area contributed by atoms with Gasteiger partial charge in [-0.15, -0.1) is 10.2 Å². The summed E-state index contributed by atoms with van der Waals surface area (Å²) in [5, 5.41) is 20.2. The van der Waals surface area contributed by atoms with E-state index in [1.807, 2.05) is 41.0 Å². The first-order chi connectivity index (χ1) is 12.2. The predicted octanol–water partition coefficient (Wildman–Crippen LogP) is 3.10. The number of hydrogen-bond acceptors (Lipinski definition) is 6. The molecule has 0 atom stereocenters. The first-order valence-corrected chi connectivity index (χ1v) is 8.72. The van der Waals surface area contributed by atoms with Crippen molar-refractivity contribution < 1.29 is 4.92 Å². The van der Waals surface area contributed by atoms with E-state index in [0.717, 1.165) is 22.1 Å². The van der Waals surface area contributed by atoms with Crippen LogP contribution in [0, 0.1) is 10.1 Å². The molecule has 7 nitrogen and oxygen atoms in total. The SMILES string of the molecule is NCCn1c(SCc2cccc([N+](=O)[O-])c2)nnc1-c1ccccc1. The Morgan fingerprint density at radius 1 is 1.12 bits per heavy atom. The molecular formula is C17H17N5O2S. The van der Waals surface area contributed by atoms with Crippen molar-refractivity contribution >= 4 is 17.4 Å². The lowest BCUT2D eigenvalue weighted by Crippen LogP contribution is -2.12. The Morgan fingerprint density at radius 3 is 2.64 bits per heavy atom. The summed E-state index contributed by atoms with van der Waals surface area (Å²) in [6.07, 6.45) is 0. The second-order valence-electron chi connectivity index (χ2n) is 5.33. The molecule has 1 aromatic heterocycles. The molecule has 0 aliphatic carbocycles. The van der Waals surface area contributed by atoms with Crippen molar-refractivity contribution in [3.05, 3.63) is 70.3 Å². The number of nitrogens with zero attached hydrogens (tertiary/aromatic N) is 4. The Balaban J connectivity index is 1.82. The molecule has 0 amide bonds. The van der Waals surface area contributed by atoms with E-state index >= 15 is 0 Å². The van der Waals surface area contributed by atoms with Crippen molar-refractivity contribution in [3.63, 3.8) is 0 Å². The van der Waals surface area contributed by atoms with Crippen molar-refractivity contribution in [1.82, 2.24) is 14.8 Å². The minimum Gasteiger partial charge on any atom is -0.329 e. The van der Waals surface area contributed by atoms with Gasteiger partial charge in [-0.05, 0) is 5.56 Å². The third kappa shape index (κ3) is 4.04. The molecule has 0 saturated heterocycles. The second kappa shape index (κ2) is 7.91. The average molecular weight is 355 g/mol. The van der Waals surface area contributed by atoms with Crippen LogP contribution in [0.2, 0.25) is 0 Å². The Kier molecular flexibility index (Phi) is 5.42. The fraction of sp³-hybridized carbons (Fsp3) is 0.176. The van der Waals surface area contributed by atoms with Crippen molar-refractivity contribution in [2.45, 2.75) is 17.5 Å². The van der Waals surface area contributed by atoms with Crippen molar-refractivity contribution in [1.29, 1.82) is 0 Å². The van der Waals surface area contributed by atoms with Gasteiger partial charge in [0.1, 0.15) is 0 Å². The molecule has 0 spiro atoms. The summed E-state index contributed by atoms with van der Waals surface area (Å²) in [6.45, 7) is 1.08. The smallest absolute Gasteiger partial charge is 0.269 e. The predicted molar refractivity (Wildman–Crippen MR) is 97.2 cm³/mol. The zero-order chi connectivity index (χ0) is 17.6. The Hall–Kier alpha value is -2.71. The normalized spacial score (nSPS) is 10.8. The molecular weight excluding hydrogens is 338 g/mol. The van der Waals surface area contributed by atoms with Gasteiger partial charge >= 0.3 is 0 Å². The van der Waals surface area contributed by atoms with E-state index in [9.17, 15) is 10.1 Å². The van der Waals surface area contributed by atoms with Gasteiger partial charge < -0.3 is 10.3 Å². The highest BCUT2D eigenvalue weighted by atomic mass is 32.2. The van der Waals surface area contributed by atoms with E-state index in [2.05, 4.69) is 10.2 Å². The van der Waals surface area contributed by atoms with Gasteiger partial charge in [0.05, 0.1) is 4.92 Å². The van der Waals surface area contributed by atoms with Gasteiger partial charge in [0.2, 0.25) is 0 Å². The number of aromatic nitrogens is 3. The molecule has 0 unspecified atom stereocenters. The van der Waals surface area contributed by atoms with Gasteiger partial charge in [0.25, 0.3) is 5.69 Å². The highest BCUT2D eigenvalue weighted by Gasteiger charge is 2.14. The lowest BCUT2D eigenvalue weighted by Gasteiger charge is -2.08. The number of rotatable bonds is 7. The molecule has 128 valence electrons. The van der Waals surface area contributed by atoms with Crippen LogP contribution in [0.1, 0.15) is 5.56 Å². The van der Waals surface area contributed by atoms with Crippen LogP contribution >= 0.6 is 11.8 Å². The highest BCUT2D eigenvalue weighted by molar-refractivity contribution is 7.98. The number of nitro groups is 1. The Morgan fingerprint density at radius 2 is 1.92 bits per heavy atom. The summed E-state index contributed by atoms with van der Waals surface area (Å²) >= 11 is 1.49. The van der Waals surface area contributed by atoms with Crippen LogP contribution in [0.4, 0.5) is 5.69 Å². The zero-order valence-corrected chi connectivity index (χ0v) is 14.2. The second-order valence-corrected chi connectivity index (χ2v) is 6.27. The van der Waals surface area contributed by atoms with Crippen LogP contribution in [-0.4, -0.2) is 26.2 Å². The minimum atomic E-state index is -0.390. The van der Waals surface area contributed by atoms with E-state index in [4.69, 9.17) is 5.73 Å². The summed E-state index contributed by atoms with van der Waals surface area (Å²) in [5.41, 5.74) is 7.67. The third-order valence-corrected chi connectivity index (χ3v) is 4.63. The molecule has 25 heavy (non-hydrogen) atoms. The maximum atomic E-state index is 10.9. The van der Waals surface area contributed by atoms with E-state index in [-0.39, 0.29) is 5.69 Å². The van der Waals surface area contributed by atoms with Crippen LogP contribution in [0.5, 0.6) is 0 Å². The number of non-ortho nitro benzene ring substituents is 1. The summed E-state index contributed by atoms with van der Waals surface area (Å²) in [5.74, 6) is 1.34. The summed E-state index contributed by atoms with van der Waals surface area (Å²) in [6, 6.07) is 16.4. The van der Waals surface area contributed by atoms with Gasteiger partial charge in [0.15, 0.2) is 11.0 Å². The lowest BCUT2D eigenvalue weighted by atomic mass is 10.2. The van der Waals surface area contributed by atoms with Gasteiger partial charge in [-0.25, -0.2) is 0 Å². The molecule has 0 saturated carbocycles. The molecule has 0 fully saturated rings. The minimum absolute atomic E-state index is 0.0894. The first-order valence-electron chi connectivity index (χ1n) is 7.74. The fourth-order valence-electron chi connectivity index (χ4n) is 2.43. The summed E-state index contributed by atoms with van der Waals surface area (Å²) in [4.78, 5) is 10.5. The quantitative estimate of drug-likeness (QED) is 0.397. The molecule has 1 heterocycles. The van der Waals surface area contributed by atoms with Crippen LogP contribution in [0.15, 0.2) is 59.8 Å². The molecule has 8 heteroatoms. The molecule has 3 aromatic rings. The molecule has 0 aliphatic rings. The molecule has 3 rings (SSSR count). The number of thioether (sulfide) groups is 1. The summed E-state index contributed by atoms with van der Waals surface area (Å²) in [7, 11) is 0. The lowest BCUT2D eigenvalue weighted by molar-refractivity contribution is -0.384. The number of hydrogen-bond donors (Lipinski definition) is 1. The van der Waals surface area contributed by atoms with Crippen LogP contribution < -0.4 is 5.73 Å². The maximum Gasteiger partial charge on any atom is 0.269 e. The van der Waals surface area contributed by atoms with Crippen molar-refractivity contribution in [2.24, 2.45) is 5.73 Å². The van der Waals surface area contributed by atoms with E-state index in [1.165, 1.54) is 17.8 Å². The van der Waals surface area contributed by atoms with Gasteiger partial charge in [-0.3, -0.25) is 10.1 Å². The maximum absolute atomic E-state index is 10.9. The average Bonchev–Trinajstić information content (AvgIpc) is 3.04.